The summed E-state index contributed by atoms with van der Waals surface area (Å²) in [6.45, 7) is 6.80. The number of ether oxygens (including phenoxy) is 2. The molecule has 142 valence electrons. The van der Waals surface area contributed by atoms with Gasteiger partial charge in [-0.1, -0.05) is 37.8 Å². The molecule has 1 aliphatic rings. The van der Waals surface area contributed by atoms with Gasteiger partial charge in [0.1, 0.15) is 0 Å². The highest BCUT2D eigenvalue weighted by molar-refractivity contribution is 5.85. The number of hydrogen-bond acceptors (Lipinski definition) is 4. The largest absolute Gasteiger partial charge is 0.466 e. The molecule has 0 aliphatic carbocycles. The first-order valence-electron chi connectivity index (χ1n) is 9.10. The number of nitrogens with one attached hydrogen (secondary N) is 1. The van der Waals surface area contributed by atoms with Crippen molar-refractivity contribution in [2.45, 2.75) is 58.9 Å². The number of hydrogen-bond donors (Lipinski definition) is 1. The predicted octanol–water partition coefficient (Wildman–Crippen LogP) is 3.40. The molecule has 1 amide bonds. The second-order valence-electron chi connectivity index (χ2n) is 7.17. The molecule has 0 aromatic heterocycles. The zero-order chi connectivity index (χ0) is 18.8. The molecular weight excluding hydrogens is 318 g/mol. The maximum absolute atomic E-state index is 11.4. The number of carbonyl (C=O) groups is 2. The van der Waals surface area contributed by atoms with E-state index in [-0.39, 0.29) is 23.8 Å². The first kappa shape index (κ1) is 21.4. The molecule has 0 unspecified atom stereocenters. The third-order valence-electron chi connectivity index (χ3n) is 4.65. The van der Waals surface area contributed by atoms with E-state index in [2.05, 4.69) is 23.9 Å². The lowest BCUT2D eigenvalue weighted by molar-refractivity contribution is -0.138. The van der Waals surface area contributed by atoms with Crippen LogP contribution in [0.15, 0.2) is 23.3 Å². The summed E-state index contributed by atoms with van der Waals surface area (Å²) in [4.78, 5) is 22.6. The number of rotatable bonds is 11. The summed E-state index contributed by atoms with van der Waals surface area (Å²) in [6, 6.07) is 0.287. The van der Waals surface area contributed by atoms with Crippen molar-refractivity contribution in [3.05, 3.63) is 23.3 Å². The number of carbonyl (C=O) groups excluding carboxylic acids is 2. The molecule has 0 spiro atoms. The Hall–Kier alpha value is -1.62. The quantitative estimate of drug-likeness (QED) is 0.204. The number of esters is 1. The lowest BCUT2D eigenvalue weighted by Gasteiger charge is -2.36. The molecule has 0 bridgehead atoms. The zero-order valence-corrected chi connectivity index (χ0v) is 16.3. The Morgan fingerprint density at radius 2 is 1.96 bits per heavy atom. The highest BCUT2D eigenvalue weighted by Crippen LogP contribution is 2.23. The van der Waals surface area contributed by atoms with Crippen LogP contribution in [0.1, 0.15) is 52.9 Å². The van der Waals surface area contributed by atoms with E-state index in [9.17, 15) is 9.59 Å². The van der Waals surface area contributed by atoms with Crippen molar-refractivity contribution in [3.8, 4) is 0 Å². The van der Waals surface area contributed by atoms with E-state index in [4.69, 9.17) is 4.74 Å². The third kappa shape index (κ3) is 7.86. The normalized spacial score (nSPS) is 22.2. The Morgan fingerprint density at radius 1 is 1.24 bits per heavy atom. The molecule has 1 N–H and O–H groups in total. The van der Waals surface area contributed by atoms with E-state index in [0.717, 1.165) is 31.3 Å². The van der Waals surface area contributed by atoms with E-state index in [1.54, 1.807) is 7.11 Å². The first-order chi connectivity index (χ1) is 11.9. The van der Waals surface area contributed by atoms with Crippen LogP contribution in [0.3, 0.4) is 0 Å². The fourth-order valence-electron chi connectivity index (χ4n) is 3.36. The number of β-lactam (4-membered cyclic amide) rings is 1. The van der Waals surface area contributed by atoms with Gasteiger partial charge in [-0.3, -0.25) is 4.79 Å². The van der Waals surface area contributed by atoms with Crippen LogP contribution in [0.4, 0.5) is 0 Å². The second kappa shape index (κ2) is 11.1. The number of amides is 1. The molecule has 1 aliphatic heterocycles. The summed E-state index contributed by atoms with van der Waals surface area (Å²) < 4.78 is 9.73. The summed E-state index contributed by atoms with van der Waals surface area (Å²) in [6.07, 6.45) is 9.07. The molecular formula is C20H33NO4. The van der Waals surface area contributed by atoms with Crippen LogP contribution >= 0.6 is 0 Å². The topological polar surface area (TPSA) is 64.6 Å². The monoisotopic (exact) mass is 351 g/mol. The highest BCUT2D eigenvalue weighted by atomic mass is 16.5. The molecule has 1 saturated heterocycles. The van der Waals surface area contributed by atoms with Gasteiger partial charge in [-0.15, -0.1) is 0 Å². The van der Waals surface area contributed by atoms with Crippen LogP contribution < -0.4 is 5.32 Å². The SMILES string of the molecule is COC[C@@H]1C(=O)N[C@@H]1CCCC[C@@H](C)CC(C)=CC(C)=CC(=O)OC. The van der Waals surface area contributed by atoms with Crippen molar-refractivity contribution in [1.29, 1.82) is 0 Å². The Bertz CT molecular complexity index is 510. The fraction of sp³-hybridized carbons (Fsp3) is 0.700. The Labute approximate surface area is 151 Å². The zero-order valence-electron chi connectivity index (χ0n) is 16.3. The third-order valence-corrected chi connectivity index (χ3v) is 4.65. The van der Waals surface area contributed by atoms with Gasteiger partial charge in [0, 0.05) is 19.2 Å². The molecule has 1 fully saturated rings. The standard InChI is InChI=1S/C20H33NO4/c1-14(10-15(2)11-16(3)12-19(22)25-5)8-6-7-9-18-17(13-24-4)20(23)21-18/h11-12,14,17-18H,6-10,13H2,1-5H3,(H,21,23)/t14-,17+,18-/m1/s1. The Balaban J connectivity index is 2.24. The van der Waals surface area contributed by atoms with E-state index < -0.39 is 0 Å². The van der Waals surface area contributed by atoms with Crippen LogP contribution in [0, 0.1) is 11.8 Å². The summed E-state index contributed by atoms with van der Waals surface area (Å²) >= 11 is 0. The Kier molecular flexibility index (Phi) is 9.50. The fourth-order valence-corrected chi connectivity index (χ4v) is 3.36. The maximum Gasteiger partial charge on any atom is 0.330 e. The predicted molar refractivity (Wildman–Crippen MR) is 99.1 cm³/mol. The van der Waals surface area contributed by atoms with Crippen molar-refractivity contribution in [1.82, 2.24) is 5.32 Å². The molecule has 3 atom stereocenters. The van der Waals surface area contributed by atoms with Crippen molar-refractivity contribution in [2.24, 2.45) is 11.8 Å². The van der Waals surface area contributed by atoms with Crippen molar-refractivity contribution >= 4 is 11.9 Å². The molecule has 0 aromatic rings. The second-order valence-corrected chi connectivity index (χ2v) is 7.17. The van der Waals surface area contributed by atoms with E-state index in [0.29, 0.717) is 12.5 Å². The van der Waals surface area contributed by atoms with E-state index in [1.807, 2.05) is 13.0 Å². The van der Waals surface area contributed by atoms with Gasteiger partial charge in [0.2, 0.25) is 5.91 Å². The maximum atomic E-state index is 11.4. The van der Waals surface area contributed by atoms with Crippen LogP contribution in [0.25, 0.3) is 0 Å². The average Bonchev–Trinajstić information content (AvgIpc) is 2.54. The Morgan fingerprint density at radius 3 is 2.56 bits per heavy atom. The number of allylic oxidation sites excluding steroid dienone is 3. The molecule has 1 rings (SSSR count). The van der Waals surface area contributed by atoms with Gasteiger partial charge in [0.05, 0.1) is 19.6 Å². The minimum absolute atomic E-state index is 0.0391. The molecule has 0 aromatic carbocycles. The van der Waals surface area contributed by atoms with Gasteiger partial charge in [0.15, 0.2) is 0 Å². The summed E-state index contributed by atoms with van der Waals surface area (Å²) in [5.74, 6) is 0.450. The van der Waals surface area contributed by atoms with Gasteiger partial charge in [-0.25, -0.2) is 4.79 Å². The summed E-state index contributed by atoms with van der Waals surface area (Å²) in [5.41, 5.74) is 2.19. The molecule has 5 heteroatoms. The van der Waals surface area contributed by atoms with Crippen LogP contribution in [0.2, 0.25) is 0 Å². The van der Waals surface area contributed by atoms with E-state index in [1.165, 1.54) is 25.2 Å². The van der Waals surface area contributed by atoms with Gasteiger partial charge in [-0.2, -0.15) is 0 Å². The first-order valence-corrected chi connectivity index (χ1v) is 9.10. The molecule has 25 heavy (non-hydrogen) atoms. The van der Waals surface area contributed by atoms with Gasteiger partial charge in [0.25, 0.3) is 0 Å². The van der Waals surface area contributed by atoms with Crippen LogP contribution in [-0.4, -0.2) is 38.7 Å². The molecule has 0 saturated carbocycles. The van der Waals surface area contributed by atoms with Crippen molar-refractivity contribution in [3.63, 3.8) is 0 Å². The van der Waals surface area contributed by atoms with Gasteiger partial charge in [-0.05, 0) is 38.2 Å². The lowest BCUT2D eigenvalue weighted by Crippen LogP contribution is -2.59. The van der Waals surface area contributed by atoms with Crippen molar-refractivity contribution < 1.29 is 19.1 Å². The van der Waals surface area contributed by atoms with Gasteiger partial charge >= 0.3 is 5.97 Å². The molecule has 0 radical (unpaired) electrons. The number of methoxy groups -OCH3 is 2. The lowest BCUT2D eigenvalue weighted by atomic mass is 9.86. The molecule has 5 nitrogen and oxygen atoms in total. The van der Waals surface area contributed by atoms with E-state index >= 15 is 0 Å². The minimum atomic E-state index is -0.315. The van der Waals surface area contributed by atoms with Crippen LogP contribution in [-0.2, 0) is 19.1 Å². The number of unbranched alkanes of at least 4 members (excludes halogenated alkanes) is 1. The minimum Gasteiger partial charge on any atom is -0.466 e. The average molecular weight is 351 g/mol. The van der Waals surface area contributed by atoms with Crippen molar-refractivity contribution in [2.75, 3.05) is 20.8 Å². The van der Waals surface area contributed by atoms with Gasteiger partial charge < -0.3 is 14.8 Å². The smallest absolute Gasteiger partial charge is 0.330 e. The summed E-state index contributed by atoms with van der Waals surface area (Å²) in [5, 5.41) is 2.97. The molecule has 1 heterocycles. The van der Waals surface area contributed by atoms with Crippen LogP contribution in [0.5, 0.6) is 0 Å². The summed E-state index contributed by atoms with van der Waals surface area (Å²) in [7, 11) is 3.03. The highest BCUT2D eigenvalue weighted by Gasteiger charge is 2.38.